The second kappa shape index (κ2) is 16.8. The largest absolute Gasteiger partial charge is 0.313 e. The maximum Gasteiger partial charge on any atom is 0.313 e. The Morgan fingerprint density at radius 2 is 1.08 bits per heavy atom. The molecule has 0 N–H and O–H groups in total. The number of amides is 1. The lowest BCUT2D eigenvalue weighted by Gasteiger charge is -2.25. The molecule has 25 heavy (non-hydrogen) atoms. The van der Waals surface area contributed by atoms with Crippen LogP contribution < -0.4 is 0 Å². The summed E-state index contributed by atoms with van der Waals surface area (Å²) in [6, 6.07) is 0. The van der Waals surface area contributed by atoms with Gasteiger partial charge in [-0.2, -0.15) is 0 Å². The molecular formula is C23H46NO+. The van der Waals surface area contributed by atoms with Crippen LogP contribution in [-0.2, 0) is 4.79 Å². The van der Waals surface area contributed by atoms with Crippen molar-refractivity contribution in [3.05, 3.63) is 12.7 Å². The molecule has 0 fully saturated rings. The molecule has 0 aliphatic rings. The van der Waals surface area contributed by atoms with Crippen molar-refractivity contribution in [1.29, 1.82) is 0 Å². The van der Waals surface area contributed by atoms with Crippen LogP contribution in [0.15, 0.2) is 12.7 Å². The van der Waals surface area contributed by atoms with Crippen LogP contribution in [0, 0.1) is 0 Å². The third-order valence-corrected chi connectivity index (χ3v) is 5.25. The van der Waals surface area contributed by atoms with E-state index in [0.29, 0.717) is 10.4 Å². The summed E-state index contributed by atoms with van der Waals surface area (Å²) in [5.74, 6) is 0.342. The summed E-state index contributed by atoms with van der Waals surface area (Å²) < 4.78 is 0.447. The molecule has 0 aliphatic heterocycles. The minimum absolute atomic E-state index is 0.342. The van der Waals surface area contributed by atoms with Gasteiger partial charge in [0.25, 0.3) is 0 Å². The molecule has 0 aromatic carbocycles. The van der Waals surface area contributed by atoms with E-state index in [1.54, 1.807) is 0 Å². The van der Waals surface area contributed by atoms with E-state index in [0.717, 1.165) is 19.4 Å². The molecule has 0 aromatic heterocycles. The number of unbranched alkanes of at least 4 members (excludes halogenated alkanes) is 14. The van der Waals surface area contributed by atoms with Gasteiger partial charge in [-0.3, -0.25) is 4.48 Å². The van der Waals surface area contributed by atoms with Crippen LogP contribution in [-0.4, -0.2) is 31.0 Å². The smallest absolute Gasteiger partial charge is 0.262 e. The van der Waals surface area contributed by atoms with Crippen LogP contribution in [0.2, 0.25) is 0 Å². The minimum atomic E-state index is 0.342. The lowest BCUT2D eigenvalue weighted by Crippen LogP contribution is -2.45. The average Bonchev–Trinajstić information content (AvgIpc) is 2.58. The van der Waals surface area contributed by atoms with E-state index >= 15 is 0 Å². The molecular weight excluding hydrogens is 306 g/mol. The van der Waals surface area contributed by atoms with Crippen LogP contribution in [0.5, 0.6) is 0 Å². The predicted octanol–water partition coefficient (Wildman–Crippen LogP) is 7.04. The van der Waals surface area contributed by atoms with Crippen molar-refractivity contribution in [3.63, 3.8) is 0 Å². The van der Waals surface area contributed by atoms with Crippen molar-refractivity contribution in [3.8, 4) is 0 Å². The number of carbonyl (C=O) groups excluding carboxylic acids is 1. The first kappa shape index (κ1) is 24.4. The van der Waals surface area contributed by atoms with Gasteiger partial charge in [-0.1, -0.05) is 103 Å². The standard InChI is InChI=1S/C23H46NO/c1-5-7-8-9-10-11-12-13-14-15-16-17-18-19-20-21-23(25)24(3,4)22-6-2/h6H,2,5,7-22H2,1,3-4H3/q+1. The Hall–Kier alpha value is -0.630. The van der Waals surface area contributed by atoms with Crippen LogP contribution in [0.1, 0.15) is 110 Å². The molecule has 0 saturated carbocycles. The fourth-order valence-electron chi connectivity index (χ4n) is 3.37. The van der Waals surface area contributed by atoms with Gasteiger partial charge in [0.15, 0.2) is 0 Å². The molecule has 148 valence electrons. The molecule has 0 radical (unpaired) electrons. The normalized spacial score (nSPS) is 11.6. The van der Waals surface area contributed by atoms with Gasteiger partial charge in [0.1, 0.15) is 6.54 Å². The van der Waals surface area contributed by atoms with Gasteiger partial charge in [0, 0.05) is 0 Å². The van der Waals surface area contributed by atoms with Crippen molar-refractivity contribution < 1.29 is 9.28 Å². The van der Waals surface area contributed by atoms with Crippen molar-refractivity contribution in [2.45, 2.75) is 110 Å². The van der Waals surface area contributed by atoms with E-state index in [1.807, 2.05) is 20.2 Å². The highest BCUT2D eigenvalue weighted by Crippen LogP contribution is 2.14. The monoisotopic (exact) mass is 352 g/mol. The quantitative estimate of drug-likeness (QED) is 0.147. The molecule has 2 nitrogen and oxygen atoms in total. The van der Waals surface area contributed by atoms with Crippen molar-refractivity contribution in [2.75, 3.05) is 20.6 Å². The highest BCUT2D eigenvalue weighted by molar-refractivity contribution is 5.68. The Morgan fingerprint density at radius 3 is 1.44 bits per heavy atom. The molecule has 0 saturated heterocycles. The van der Waals surface area contributed by atoms with Gasteiger partial charge in [0.05, 0.1) is 20.5 Å². The fourth-order valence-corrected chi connectivity index (χ4v) is 3.37. The summed E-state index contributed by atoms with van der Waals surface area (Å²) in [4.78, 5) is 12.1. The van der Waals surface area contributed by atoms with Gasteiger partial charge >= 0.3 is 5.91 Å². The second-order valence-corrected chi connectivity index (χ2v) is 8.25. The lowest BCUT2D eigenvalue weighted by atomic mass is 10.0. The SMILES string of the molecule is C=CC[N+](C)(C)C(=O)CCCCCCCCCCCCCCCCC. The molecule has 0 spiro atoms. The molecule has 0 bridgehead atoms. The molecule has 0 aromatic rings. The number of carbonyl (C=O) groups is 1. The number of hydrogen-bond donors (Lipinski definition) is 0. The highest BCUT2D eigenvalue weighted by atomic mass is 16.2. The molecule has 0 rings (SSSR count). The lowest BCUT2D eigenvalue weighted by molar-refractivity contribution is -0.807. The van der Waals surface area contributed by atoms with Crippen LogP contribution in [0.4, 0.5) is 0 Å². The zero-order chi connectivity index (χ0) is 18.8. The van der Waals surface area contributed by atoms with Gasteiger partial charge in [-0.15, -0.1) is 0 Å². The maximum absolute atomic E-state index is 12.1. The minimum Gasteiger partial charge on any atom is -0.262 e. The highest BCUT2D eigenvalue weighted by Gasteiger charge is 2.23. The van der Waals surface area contributed by atoms with Gasteiger partial charge < -0.3 is 0 Å². The Morgan fingerprint density at radius 1 is 0.720 bits per heavy atom. The Labute approximate surface area is 158 Å². The van der Waals surface area contributed by atoms with Crippen molar-refractivity contribution >= 4 is 5.91 Å². The summed E-state index contributed by atoms with van der Waals surface area (Å²) in [7, 11) is 3.96. The van der Waals surface area contributed by atoms with E-state index in [2.05, 4.69) is 13.5 Å². The Kier molecular flexibility index (Phi) is 16.4. The van der Waals surface area contributed by atoms with Crippen LogP contribution >= 0.6 is 0 Å². The number of quaternary nitrogens is 1. The number of nitrogens with zero attached hydrogens (tertiary/aromatic N) is 1. The molecule has 0 heterocycles. The summed E-state index contributed by atoms with van der Waals surface area (Å²) in [5, 5.41) is 0. The van der Waals surface area contributed by atoms with Crippen molar-refractivity contribution in [2.24, 2.45) is 0 Å². The summed E-state index contributed by atoms with van der Waals surface area (Å²) in [6.07, 6.45) is 23.0. The van der Waals surface area contributed by atoms with Gasteiger partial charge in [-0.25, -0.2) is 4.79 Å². The van der Waals surface area contributed by atoms with Crippen LogP contribution in [0.25, 0.3) is 0 Å². The van der Waals surface area contributed by atoms with Crippen molar-refractivity contribution in [1.82, 2.24) is 0 Å². The Bertz CT molecular complexity index is 322. The maximum atomic E-state index is 12.1. The predicted molar refractivity (Wildman–Crippen MR) is 112 cm³/mol. The third-order valence-electron chi connectivity index (χ3n) is 5.25. The van der Waals surface area contributed by atoms with E-state index in [4.69, 9.17) is 0 Å². The molecule has 0 aliphatic carbocycles. The number of likely N-dealkylation sites (N-methyl/N-ethyl adjacent to an activating group) is 1. The number of hydrogen-bond acceptors (Lipinski definition) is 1. The average molecular weight is 353 g/mol. The Balaban J connectivity index is 3.26. The topological polar surface area (TPSA) is 17.1 Å². The first-order chi connectivity index (χ1) is 12.0. The van der Waals surface area contributed by atoms with E-state index < -0.39 is 0 Å². The van der Waals surface area contributed by atoms with E-state index in [9.17, 15) is 4.79 Å². The van der Waals surface area contributed by atoms with Crippen LogP contribution in [0.3, 0.4) is 0 Å². The number of rotatable bonds is 18. The van der Waals surface area contributed by atoms with E-state index in [1.165, 1.54) is 89.9 Å². The fraction of sp³-hybridized carbons (Fsp3) is 0.870. The molecule has 0 unspecified atom stereocenters. The zero-order valence-corrected chi connectivity index (χ0v) is 17.7. The van der Waals surface area contributed by atoms with Gasteiger partial charge in [-0.05, 0) is 12.5 Å². The first-order valence-corrected chi connectivity index (χ1v) is 11.0. The molecule has 2 heteroatoms. The summed E-state index contributed by atoms with van der Waals surface area (Å²) >= 11 is 0. The van der Waals surface area contributed by atoms with E-state index in [-0.39, 0.29) is 0 Å². The third kappa shape index (κ3) is 15.3. The second-order valence-electron chi connectivity index (χ2n) is 8.25. The molecule has 0 atom stereocenters. The molecule has 1 amide bonds. The summed E-state index contributed by atoms with van der Waals surface area (Å²) in [5.41, 5.74) is 0. The van der Waals surface area contributed by atoms with Gasteiger partial charge in [0.2, 0.25) is 0 Å². The first-order valence-electron chi connectivity index (χ1n) is 11.0. The zero-order valence-electron chi connectivity index (χ0n) is 17.7. The summed E-state index contributed by atoms with van der Waals surface area (Å²) in [6.45, 7) is 6.75.